The average Bonchev–Trinajstić information content (AvgIpc) is 2.19. The van der Waals surface area contributed by atoms with Gasteiger partial charge in [0.1, 0.15) is 0 Å². The number of hydrogen-bond acceptors (Lipinski definition) is 3. The lowest BCUT2D eigenvalue weighted by Crippen LogP contribution is -2.11. The van der Waals surface area contributed by atoms with Crippen LogP contribution in [0.5, 0.6) is 0 Å². The van der Waals surface area contributed by atoms with Gasteiger partial charge in [-0.1, -0.05) is 0 Å². The molecule has 2 nitrogen and oxygen atoms in total. The molecule has 0 N–H and O–H groups in total. The first-order valence-electron chi connectivity index (χ1n) is 4.32. The minimum absolute atomic E-state index is 0.0173. The van der Waals surface area contributed by atoms with Crippen molar-refractivity contribution in [2.75, 3.05) is 0 Å². The molecule has 0 aliphatic rings. The van der Waals surface area contributed by atoms with Crippen molar-refractivity contribution in [2.24, 2.45) is 0 Å². The van der Waals surface area contributed by atoms with Gasteiger partial charge in [0.05, 0.1) is 11.1 Å². The fourth-order valence-electron chi connectivity index (χ4n) is 1.40. The Morgan fingerprint density at radius 3 is 2.25 bits per heavy atom. The quantitative estimate of drug-likeness (QED) is 0.611. The summed E-state index contributed by atoms with van der Waals surface area (Å²) in [6.45, 7) is 2.75. The average molecular weight is 250 g/mol. The Hall–Kier alpha value is -1.17. The summed E-state index contributed by atoms with van der Waals surface area (Å²) in [5.41, 5.74) is -0.404. The van der Waals surface area contributed by atoms with Crippen LogP contribution in [0.25, 0.3) is 0 Å². The monoisotopic (exact) mass is 250 g/mol. The molecule has 16 heavy (non-hydrogen) atoms. The van der Waals surface area contributed by atoms with E-state index in [1.807, 2.05) is 0 Å². The van der Waals surface area contributed by atoms with E-state index in [1.165, 1.54) is 13.8 Å². The van der Waals surface area contributed by atoms with Gasteiger partial charge in [-0.05, 0) is 37.1 Å². The van der Waals surface area contributed by atoms with Crippen molar-refractivity contribution in [3.8, 4) is 0 Å². The Morgan fingerprint density at radius 2 is 1.81 bits per heavy atom. The highest BCUT2D eigenvalue weighted by molar-refractivity contribution is 7.75. The van der Waals surface area contributed by atoms with Crippen molar-refractivity contribution in [3.05, 3.63) is 34.4 Å². The zero-order chi connectivity index (χ0) is 12.5. The summed E-state index contributed by atoms with van der Waals surface area (Å²) in [5.74, 6) is -0.766. The summed E-state index contributed by atoms with van der Waals surface area (Å²) in [6, 6.07) is 1.95. The highest BCUT2D eigenvalue weighted by Crippen LogP contribution is 2.33. The summed E-state index contributed by atoms with van der Waals surface area (Å²) < 4.78 is 41.7. The third kappa shape index (κ3) is 2.32. The highest BCUT2D eigenvalue weighted by atomic mass is 32.1. The lowest BCUT2D eigenvalue weighted by atomic mass is 9.98. The molecule has 0 unspecified atom stereocenters. The van der Waals surface area contributed by atoms with Gasteiger partial charge in [0, 0.05) is 12.9 Å². The van der Waals surface area contributed by atoms with Crippen LogP contribution < -0.4 is 0 Å². The van der Waals surface area contributed by atoms with E-state index in [-0.39, 0.29) is 16.7 Å². The van der Waals surface area contributed by atoms with Crippen LogP contribution >= 0.6 is 12.9 Å². The molecule has 0 heterocycles. The number of rotatable bonds is 1. The van der Waals surface area contributed by atoms with E-state index in [2.05, 4.69) is 17.1 Å². The van der Waals surface area contributed by atoms with Crippen LogP contribution in [-0.4, -0.2) is 5.97 Å². The van der Waals surface area contributed by atoms with Crippen molar-refractivity contribution < 1.29 is 22.1 Å². The molecule has 1 aromatic carbocycles. The lowest BCUT2D eigenvalue weighted by Gasteiger charge is -2.14. The Bertz CT molecular complexity index is 427. The topological polar surface area (TPSA) is 26.3 Å². The number of hydrogen-bond donors (Lipinski definition) is 1. The van der Waals surface area contributed by atoms with Crippen molar-refractivity contribution in [1.29, 1.82) is 0 Å². The van der Waals surface area contributed by atoms with Crippen molar-refractivity contribution >= 4 is 18.9 Å². The molecule has 0 spiro atoms. The summed E-state index contributed by atoms with van der Waals surface area (Å²) in [4.78, 5) is 11.2. The summed E-state index contributed by atoms with van der Waals surface area (Å²) >= 11 is 3.32. The Kier molecular flexibility index (Phi) is 3.52. The molecule has 0 fully saturated rings. The van der Waals surface area contributed by atoms with Crippen LogP contribution in [0.3, 0.4) is 0 Å². The number of alkyl halides is 3. The molecule has 0 aliphatic heterocycles. The van der Waals surface area contributed by atoms with Gasteiger partial charge in [0.15, 0.2) is 0 Å². The molecule has 88 valence electrons. The number of benzene rings is 1. The summed E-state index contributed by atoms with van der Waals surface area (Å²) in [5, 5.41) is 0. The first kappa shape index (κ1) is 12.9. The fraction of sp³-hybridized carbons (Fsp3) is 0.300. The number of halogens is 3. The zero-order valence-corrected chi connectivity index (χ0v) is 9.45. The van der Waals surface area contributed by atoms with Gasteiger partial charge in [0.25, 0.3) is 0 Å². The molecule has 1 aromatic rings. The molecular formula is C10H9F3O2S. The third-order valence-electron chi connectivity index (χ3n) is 2.40. The molecule has 6 heteroatoms. The molecule has 0 radical (unpaired) electrons. The second-order valence-corrected chi connectivity index (χ2v) is 3.47. The molecular weight excluding hydrogens is 241 g/mol. The molecule has 0 amide bonds. The highest BCUT2D eigenvalue weighted by Gasteiger charge is 2.33. The standard InChI is InChI=1S/C10H9F3O2S/c1-5-6(2)8(10(11,12)13)4-3-7(5)9(14)15-16/h3-4,16H,1-2H3. The predicted molar refractivity (Wildman–Crippen MR) is 55.3 cm³/mol. The summed E-state index contributed by atoms with van der Waals surface area (Å²) in [6.07, 6.45) is -4.42. The zero-order valence-electron chi connectivity index (χ0n) is 8.55. The van der Waals surface area contributed by atoms with E-state index >= 15 is 0 Å². The molecule has 0 saturated carbocycles. The van der Waals surface area contributed by atoms with E-state index in [4.69, 9.17) is 0 Å². The van der Waals surface area contributed by atoms with Gasteiger partial charge in [-0.25, -0.2) is 4.79 Å². The molecule has 0 aliphatic carbocycles. The second kappa shape index (κ2) is 4.37. The van der Waals surface area contributed by atoms with Gasteiger partial charge in [-0.3, -0.25) is 0 Å². The maximum Gasteiger partial charge on any atom is 0.416 e. The normalized spacial score (nSPS) is 11.4. The predicted octanol–water partition coefficient (Wildman–Crippen LogP) is 3.32. The van der Waals surface area contributed by atoms with E-state index < -0.39 is 17.7 Å². The van der Waals surface area contributed by atoms with Crippen molar-refractivity contribution in [3.63, 3.8) is 0 Å². The van der Waals surface area contributed by atoms with E-state index in [0.29, 0.717) is 0 Å². The van der Waals surface area contributed by atoms with Crippen LogP contribution in [-0.2, 0) is 10.4 Å². The van der Waals surface area contributed by atoms with Gasteiger partial charge in [0.2, 0.25) is 0 Å². The lowest BCUT2D eigenvalue weighted by molar-refractivity contribution is -0.138. The van der Waals surface area contributed by atoms with Crippen molar-refractivity contribution in [2.45, 2.75) is 20.0 Å². The largest absolute Gasteiger partial charge is 0.416 e. The van der Waals surface area contributed by atoms with Crippen LogP contribution in [0.4, 0.5) is 13.2 Å². The first-order chi connectivity index (χ1) is 7.29. The van der Waals surface area contributed by atoms with E-state index in [0.717, 1.165) is 12.1 Å². The van der Waals surface area contributed by atoms with Crippen LogP contribution in [0.15, 0.2) is 12.1 Å². The van der Waals surface area contributed by atoms with Gasteiger partial charge in [-0.15, -0.1) is 0 Å². The fourth-order valence-corrected chi connectivity index (χ4v) is 1.50. The van der Waals surface area contributed by atoms with E-state index in [9.17, 15) is 18.0 Å². The number of carbonyl (C=O) groups is 1. The molecule has 0 atom stereocenters. The Morgan fingerprint density at radius 1 is 1.25 bits per heavy atom. The molecule has 0 bridgehead atoms. The SMILES string of the molecule is Cc1c(C(=O)OS)ccc(C(F)(F)F)c1C. The minimum Gasteiger partial charge on any atom is -0.391 e. The molecule has 1 rings (SSSR count). The first-order valence-corrected chi connectivity index (χ1v) is 4.68. The van der Waals surface area contributed by atoms with Crippen LogP contribution in [0.2, 0.25) is 0 Å². The van der Waals surface area contributed by atoms with Crippen LogP contribution in [0, 0.1) is 13.8 Å². The van der Waals surface area contributed by atoms with Gasteiger partial charge >= 0.3 is 12.1 Å². The molecule has 0 aromatic heterocycles. The van der Waals surface area contributed by atoms with Gasteiger partial charge < -0.3 is 4.18 Å². The van der Waals surface area contributed by atoms with Gasteiger partial charge in [-0.2, -0.15) is 13.2 Å². The van der Waals surface area contributed by atoms with Crippen molar-refractivity contribution in [1.82, 2.24) is 0 Å². The maximum absolute atomic E-state index is 12.5. The van der Waals surface area contributed by atoms with Crippen LogP contribution in [0.1, 0.15) is 27.0 Å². The minimum atomic E-state index is -4.42. The Labute approximate surface area is 96.0 Å². The molecule has 0 saturated heterocycles. The van der Waals surface area contributed by atoms with E-state index in [1.54, 1.807) is 0 Å². The maximum atomic E-state index is 12.5. The smallest absolute Gasteiger partial charge is 0.391 e. The summed E-state index contributed by atoms with van der Waals surface area (Å²) in [7, 11) is 0. The Balaban J connectivity index is 3.35. The second-order valence-electron chi connectivity index (χ2n) is 3.29. The number of thiol groups is 1. The third-order valence-corrected chi connectivity index (χ3v) is 2.56. The number of carbonyl (C=O) groups excluding carboxylic acids is 1.